The van der Waals surface area contributed by atoms with E-state index in [4.69, 9.17) is 29.9 Å². The van der Waals surface area contributed by atoms with Gasteiger partial charge >= 0.3 is 0 Å². The van der Waals surface area contributed by atoms with E-state index in [2.05, 4.69) is 30.2 Å². The Morgan fingerprint density at radius 3 is 1.15 bits per heavy atom. The monoisotopic (exact) mass is 402 g/mol. The van der Waals surface area contributed by atoms with E-state index in [1.54, 1.807) is 0 Å². The number of hydrogen-bond donors (Lipinski definition) is 4. The molecule has 0 aromatic heterocycles. The Labute approximate surface area is 166 Å². The van der Waals surface area contributed by atoms with Crippen LogP contribution in [0.25, 0.3) is 0 Å². The fourth-order valence-electron chi connectivity index (χ4n) is 1.13. The Morgan fingerprint density at radius 2 is 0.963 bits per heavy atom. The van der Waals surface area contributed by atoms with E-state index in [9.17, 15) is 0 Å². The number of hydrogen-bond acceptors (Lipinski definition) is 8. The molecule has 8 nitrogen and oxygen atoms in total. The van der Waals surface area contributed by atoms with Gasteiger partial charge in [-0.05, 0) is 34.1 Å². The smallest absolute Gasteiger partial charge is 0.0698 e. The summed E-state index contributed by atoms with van der Waals surface area (Å²) < 4.78 is 19.4. The van der Waals surface area contributed by atoms with Gasteiger partial charge in [-0.25, -0.2) is 0 Å². The lowest BCUT2D eigenvalue weighted by molar-refractivity contribution is 0.0649. The lowest BCUT2D eigenvalue weighted by Crippen LogP contribution is -2.03. The second-order valence-electron chi connectivity index (χ2n) is 5.17. The third-order valence-corrected chi connectivity index (χ3v) is 2.30. The van der Waals surface area contributed by atoms with Crippen LogP contribution in [0.15, 0.2) is 0 Å². The average molecular weight is 403 g/mol. The van der Waals surface area contributed by atoms with Crippen LogP contribution in [0.2, 0.25) is 0 Å². The normalized spacial score (nSPS) is 9.56. The first-order valence-electron chi connectivity index (χ1n) is 9.80. The van der Waals surface area contributed by atoms with Crippen LogP contribution in [0.5, 0.6) is 0 Å². The van der Waals surface area contributed by atoms with E-state index < -0.39 is 0 Å². The molecule has 0 aliphatic heterocycles. The maximum absolute atomic E-state index is 8.09. The van der Waals surface area contributed by atoms with Gasteiger partial charge in [0.25, 0.3) is 0 Å². The predicted molar refractivity (Wildman–Crippen MR) is 108 cm³/mol. The molecule has 27 heavy (non-hydrogen) atoms. The molecule has 0 saturated carbocycles. The fourth-order valence-corrected chi connectivity index (χ4v) is 1.13. The van der Waals surface area contributed by atoms with Crippen LogP contribution in [0.3, 0.4) is 0 Å². The van der Waals surface area contributed by atoms with Crippen molar-refractivity contribution < 1.29 is 39.4 Å². The highest BCUT2D eigenvalue weighted by Gasteiger charge is 1.89. The summed E-state index contributed by atoms with van der Waals surface area (Å²) in [5.74, 6) is 0. The maximum Gasteiger partial charge on any atom is 0.0698 e. The van der Waals surface area contributed by atoms with Crippen molar-refractivity contribution in [2.75, 3.05) is 72.7 Å². The van der Waals surface area contributed by atoms with Crippen LogP contribution in [-0.2, 0) is 18.9 Å². The molecule has 0 fully saturated rings. The Kier molecular flexibility index (Phi) is 51.2. The second kappa shape index (κ2) is 40.4. The molecule has 0 heterocycles. The molecule has 8 heteroatoms. The molecule has 0 atom stereocenters. The summed E-state index contributed by atoms with van der Waals surface area (Å²) in [7, 11) is 0. The maximum atomic E-state index is 8.09. The Balaban J connectivity index is -0.000000132. The molecule has 0 aliphatic rings. The van der Waals surface area contributed by atoms with E-state index in [0.717, 1.165) is 19.8 Å². The van der Waals surface area contributed by atoms with Crippen LogP contribution in [0.4, 0.5) is 0 Å². The minimum atomic E-state index is 0.0278. The molecule has 0 aromatic rings. The average Bonchev–Trinajstić information content (AvgIpc) is 2.65. The number of ether oxygens (including phenoxy) is 4. The van der Waals surface area contributed by atoms with Crippen LogP contribution < -0.4 is 0 Å². The molecule has 0 spiro atoms. The number of aliphatic hydroxyl groups is 4. The van der Waals surface area contributed by atoms with E-state index in [-0.39, 0.29) is 26.4 Å². The van der Waals surface area contributed by atoms with Gasteiger partial charge in [-0.15, -0.1) is 0 Å². The molecule has 0 rings (SSSR count). The second-order valence-corrected chi connectivity index (χ2v) is 5.17. The van der Waals surface area contributed by atoms with Crippen LogP contribution >= 0.6 is 0 Å². The van der Waals surface area contributed by atoms with E-state index >= 15 is 0 Å². The molecule has 0 bridgehead atoms. The number of aliphatic hydroxyl groups excluding tert-OH is 4. The van der Waals surface area contributed by atoms with Crippen LogP contribution in [-0.4, -0.2) is 99.2 Å². The molecule has 4 N–H and O–H groups in total. The molecular weight excluding hydrogens is 356 g/mol. The molecule has 0 amide bonds. The van der Waals surface area contributed by atoms with Gasteiger partial charge in [0.2, 0.25) is 0 Å². The zero-order chi connectivity index (χ0) is 21.6. The first-order valence-corrected chi connectivity index (χ1v) is 9.80. The largest absolute Gasteiger partial charge is 0.394 e. The van der Waals surface area contributed by atoms with Crippen molar-refractivity contribution in [3.05, 3.63) is 0 Å². The third-order valence-electron chi connectivity index (χ3n) is 2.30. The van der Waals surface area contributed by atoms with Gasteiger partial charge < -0.3 is 39.4 Å². The van der Waals surface area contributed by atoms with Gasteiger partial charge in [0.1, 0.15) is 0 Å². The van der Waals surface area contributed by atoms with Gasteiger partial charge in [0.15, 0.2) is 0 Å². The van der Waals surface area contributed by atoms with Gasteiger partial charge in [-0.3, -0.25) is 0 Å². The molecule has 0 radical (unpaired) electrons. The fraction of sp³-hybridized carbons (Fsp3) is 1.00. The molecular formula is C19H46O8. The predicted octanol–water partition coefficient (Wildman–Crippen LogP) is 1.23. The van der Waals surface area contributed by atoms with Crippen molar-refractivity contribution >= 4 is 0 Å². The first-order chi connectivity index (χ1) is 13.0. The van der Waals surface area contributed by atoms with Gasteiger partial charge in [0, 0.05) is 19.8 Å². The number of unbranched alkanes of at least 4 members (excludes halogenated alkanes) is 1. The summed E-state index contributed by atoms with van der Waals surface area (Å²) in [6.45, 7) is 14.3. The quantitative estimate of drug-likeness (QED) is 0.321. The van der Waals surface area contributed by atoms with E-state index in [1.165, 1.54) is 12.8 Å². The molecule has 0 aromatic carbocycles. The van der Waals surface area contributed by atoms with Crippen molar-refractivity contribution in [3.8, 4) is 0 Å². The Hall–Kier alpha value is -0.320. The zero-order valence-corrected chi connectivity index (χ0v) is 18.2. The van der Waals surface area contributed by atoms with Crippen molar-refractivity contribution in [2.24, 2.45) is 0 Å². The van der Waals surface area contributed by atoms with Crippen molar-refractivity contribution in [1.29, 1.82) is 0 Å². The molecule has 0 aliphatic carbocycles. The molecule has 0 saturated heterocycles. The molecule has 0 unspecified atom stereocenters. The summed E-state index contributed by atoms with van der Waals surface area (Å²) in [5, 5.41) is 32.3. The highest BCUT2D eigenvalue weighted by Crippen LogP contribution is 1.92. The van der Waals surface area contributed by atoms with E-state index in [1.807, 2.05) is 13.8 Å². The lowest BCUT2D eigenvalue weighted by atomic mass is 10.3. The first kappa shape index (κ1) is 34.2. The zero-order valence-electron chi connectivity index (χ0n) is 18.2. The van der Waals surface area contributed by atoms with Crippen molar-refractivity contribution in [2.45, 2.75) is 53.6 Å². The summed E-state index contributed by atoms with van der Waals surface area (Å²) >= 11 is 0. The highest BCUT2D eigenvalue weighted by molar-refractivity contribution is 4.36. The van der Waals surface area contributed by atoms with Gasteiger partial charge in [-0.1, -0.05) is 13.3 Å². The molecule has 170 valence electrons. The topological polar surface area (TPSA) is 118 Å². The summed E-state index contributed by atoms with van der Waals surface area (Å²) in [6.07, 6.45) is 2.83. The highest BCUT2D eigenvalue weighted by atomic mass is 16.5. The summed E-state index contributed by atoms with van der Waals surface area (Å²) in [6, 6.07) is 0. The Bertz CT molecular complexity index is 175. The van der Waals surface area contributed by atoms with E-state index in [0.29, 0.717) is 32.5 Å². The minimum absolute atomic E-state index is 0.0278. The van der Waals surface area contributed by atoms with Gasteiger partial charge in [-0.2, -0.15) is 0 Å². The Morgan fingerprint density at radius 1 is 0.593 bits per heavy atom. The summed E-state index contributed by atoms with van der Waals surface area (Å²) in [5.41, 5.74) is 0. The SMILES string of the molecule is CCCCOC(C)C.CCOCC.OCCOCCO.OCCOCCO. The standard InChI is InChI=1S/C7H16O.2C4H10O3.C4H10O/c1-4-5-6-8-7(2)3;2*5-1-3-7-4-2-6;1-3-5-4-2/h7H,4-6H2,1-3H3;2*5-6H,1-4H2;3-4H2,1-2H3. The number of rotatable bonds is 14. The van der Waals surface area contributed by atoms with Crippen LogP contribution in [0.1, 0.15) is 47.5 Å². The van der Waals surface area contributed by atoms with Crippen LogP contribution in [0, 0.1) is 0 Å². The van der Waals surface area contributed by atoms with Gasteiger partial charge in [0.05, 0.1) is 59.0 Å². The lowest BCUT2D eigenvalue weighted by Gasteiger charge is -2.04. The third kappa shape index (κ3) is 66.8. The minimum Gasteiger partial charge on any atom is -0.394 e. The van der Waals surface area contributed by atoms with Crippen molar-refractivity contribution in [1.82, 2.24) is 0 Å². The van der Waals surface area contributed by atoms with Crippen molar-refractivity contribution in [3.63, 3.8) is 0 Å². The summed E-state index contributed by atoms with van der Waals surface area (Å²) in [4.78, 5) is 0.